The molecule has 0 aromatic heterocycles. The van der Waals surface area contributed by atoms with Crippen LogP contribution in [-0.2, 0) is 14.8 Å². The van der Waals surface area contributed by atoms with Crippen LogP contribution in [0.3, 0.4) is 0 Å². The van der Waals surface area contributed by atoms with Crippen LogP contribution in [0.5, 0.6) is 0 Å². The van der Waals surface area contributed by atoms with E-state index in [2.05, 4.69) is 6.58 Å². The number of rotatable bonds is 1. The van der Waals surface area contributed by atoms with E-state index in [-0.39, 0.29) is 16.4 Å². The van der Waals surface area contributed by atoms with Crippen molar-refractivity contribution in [3.63, 3.8) is 0 Å². The summed E-state index contributed by atoms with van der Waals surface area (Å²) in [4.78, 5) is 23.4. The molecule has 3 rings (SSSR count). The molecule has 2 aliphatic heterocycles. The van der Waals surface area contributed by atoms with E-state index in [1.165, 1.54) is 12.1 Å². The Kier molecular flexibility index (Phi) is 3.89. The van der Waals surface area contributed by atoms with Gasteiger partial charge in [-0.15, -0.1) is 0 Å². The van der Waals surface area contributed by atoms with Crippen LogP contribution < -0.4 is 4.72 Å². The number of hydrogen-bond donors (Lipinski definition) is 1. The van der Waals surface area contributed by atoms with E-state index >= 15 is 0 Å². The molecule has 1 fully saturated rings. The minimum Gasteiger partial charge on any atom is -0.320 e. The summed E-state index contributed by atoms with van der Waals surface area (Å²) >= 11 is 0. The average molecular weight is 294 g/mol. The number of nitrogens with one attached hydrogen (secondary N) is 1. The number of nitrogens with zero attached hydrogens (tertiary/aromatic N) is 1. The number of amides is 2. The van der Waals surface area contributed by atoms with Crippen LogP contribution in [0.2, 0.25) is 0 Å². The first-order valence-electron chi connectivity index (χ1n) is 6.04. The van der Waals surface area contributed by atoms with Crippen molar-refractivity contribution in [3.8, 4) is 0 Å². The van der Waals surface area contributed by atoms with Gasteiger partial charge in [-0.25, -0.2) is 13.1 Å². The minimum atomic E-state index is -3.55. The number of fused-ring (bicyclic) bond motifs is 1. The summed E-state index contributed by atoms with van der Waals surface area (Å²) in [6.07, 6.45) is 3.28. The second kappa shape index (κ2) is 5.46. The molecule has 0 unspecified atom stereocenters. The van der Waals surface area contributed by atoms with Crippen LogP contribution in [0.1, 0.15) is 23.2 Å². The topological polar surface area (TPSA) is 83.6 Å². The summed E-state index contributed by atoms with van der Waals surface area (Å²) < 4.78 is 24.2. The van der Waals surface area contributed by atoms with Crippen molar-refractivity contribution in [2.24, 2.45) is 0 Å². The predicted octanol–water partition coefficient (Wildman–Crippen LogP) is 0.871. The molecule has 0 aliphatic carbocycles. The second-order valence-electron chi connectivity index (χ2n) is 4.30. The summed E-state index contributed by atoms with van der Waals surface area (Å²) in [6, 6.07) is 6.09. The normalized spacial score (nSPS) is 18.9. The fourth-order valence-corrected chi connectivity index (χ4v) is 3.15. The molecule has 0 radical (unpaired) electrons. The van der Waals surface area contributed by atoms with E-state index in [1.807, 2.05) is 4.72 Å². The second-order valence-corrected chi connectivity index (χ2v) is 5.95. The molecule has 0 atom stereocenters. The molecule has 106 valence electrons. The number of sulfonamides is 1. The van der Waals surface area contributed by atoms with Crippen molar-refractivity contribution in [1.29, 1.82) is 0 Å². The van der Waals surface area contributed by atoms with Gasteiger partial charge in [0.15, 0.2) is 0 Å². The van der Waals surface area contributed by atoms with E-state index < -0.39 is 15.9 Å². The molecule has 20 heavy (non-hydrogen) atoms. The van der Waals surface area contributed by atoms with E-state index in [0.717, 1.165) is 13.0 Å². The van der Waals surface area contributed by atoms with Crippen molar-refractivity contribution in [1.82, 2.24) is 9.62 Å². The first-order chi connectivity index (χ1) is 9.45. The number of carbonyl (C=O) groups excluding carboxylic acids is 2. The highest BCUT2D eigenvalue weighted by molar-refractivity contribution is 7.90. The van der Waals surface area contributed by atoms with Crippen LogP contribution >= 0.6 is 0 Å². The lowest BCUT2D eigenvalue weighted by atomic mass is 10.2. The molecule has 1 saturated heterocycles. The fourth-order valence-electron chi connectivity index (χ4n) is 1.98. The lowest BCUT2D eigenvalue weighted by Crippen LogP contribution is -2.20. The van der Waals surface area contributed by atoms with Crippen LogP contribution in [-0.4, -0.2) is 31.7 Å². The molecular formula is C13H14N2O4S. The van der Waals surface area contributed by atoms with E-state index in [9.17, 15) is 18.0 Å². The number of carbonyl (C=O) groups is 2. The van der Waals surface area contributed by atoms with E-state index in [4.69, 9.17) is 0 Å². The standard InChI is InChI=1S/C7H5NO3S.C6H9NO/c9-7-5-3-1-2-4-6(5)12(10,11)8-7;1-2-7-5-3-4-6(7)8/h1-4H,(H,8,9);2H,1,3-5H2. The molecule has 0 bridgehead atoms. The van der Waals surface area contributed by atoms with Gasteiger partial charge in [-0.2, -0.15) is 0 Å². The summed E-state index contributed by atoms with van der Waals surface area (Å²) in [6.45, 7) is 4.36. The Hall–Kier alpha value is -2.15. The van der Waals surface area contributed by atoms with Crippen LogP contribution in [0, 0.1) is 0 Å². The van der Waals surface area contributed by atoms with Gasteiger partial charge in [0.2, 0.25) is 5.91 Å². The van der Waals surface area contributed by atoms with Crippen molar-refractivity contribution >= 4 is 21.8 Å². The zero-order valence-electron chi connectivity index (χ0n) is 10.7. The SMILES string of the molecule is C=CN1CCCC1=O.O=C1NS(=O)(=O)c2ccccc21. The maximum atomic E-state index is 11.1. The maximum Gasteiger partial charge on any atom is 0.266 e. The summed E-state index contributed by atoms with van der Waals surface area (Å²) in [5, 5.41) is 0. The summed E-state index contributed by atoms with van der Waals surface area (Å²) in [5.74, 6) is -0.342. The zero-order chi connectivity index (χ0) is 14.8. The minimum absolute atomic E-state index is 0.0648. The maximum absolute atomic E-state index is 11.1. The van der Waals surface area contributed by atoms with Gasteiger partial charge in [-0.1, -0.05) is 18.7 Å². The molecule has 2 heterocycles. The van der Waals surface area contributed by atoms with Gasteiger partial charge in [-0.05, 0) is 24.8 Å². The van der Waals surface area contributed by atoms with Gasteiger partial charge in [0.25, 0.3) is 15.9 Å². The Balaban J connectivity index is 0.000000160. The highest BCUT2D eigenvalue weighted by atomic mass is 32.2. The lowest BCUT2D eigenvalue weighted by molar-refractivity contribution is -0.125. The molecule has 2 aliphatic rings. The average Bonchev–Trinajstić information content (AvgIpc) is 2.93. The van der Waals surface area contributed by atoms with E-state index in [1.54, 1.807) is 23.2 Å². The highest BCUT2D eigenvalue weighted by Gasteiger charge is 2.31. The van der Waals surface area contributed by atoms with Gasteiger partial charge in [0.05, 0.1) is 5.56 Å². The molecular weight excluding hydrogens is 280 g/mol. The molecule has 1 aromatic rings. The van der Waals surface area contributed by atoms with Crippen molar-refractivity contribution < 1.29 is 18.0 Å². The molecule has 0 saturated carbocycles. The Labute approximate surface area is 117 Å². The Bertz CT molecular complexity index is 667. The van der Waals surface area contributed by atoms with Gasteiger partial charge in [0, 0.05) is 13.0 Å². The smallest absolute Gasteiger partial charge is 0.266 e. The third-order valence-electron chi connectivity index (χ3n) is 2.98. The molecule has 1 aromatic carbocycles. The molecule has 1 N–H and O–H groups in total. The first kappa shape index (κ1) is 14.3. The van der Waals surface area contributed by atoms with Crippen molar-refractivity contribution in [2.75, 3.05) is 6.54 Å². The summed E-state index contributed by atoms with van der Waals surface area (Å²) in [5.41, 5.74) is 0.220. The van der Waals surface area contributed by atoms with Crippen LogP contribution in [0.15, 0.2) is 41.9 Å². The third kappa shape index (κ3) is 2.72. The number of hydrogen-bond acceptors (Lipinski definition) is 4. The molecule has 2 amide bonds. The van der Waals surface area contributed by atoms with E-state index in [0.29, 0.717) is 6.42 Å². The molecule has 6 nitrogen and oxygen atoms in total. The number of likely N-dealkylation sites (tertiary alicyclic amines) is 1. The largest absolute Gasteiger partial charge is 0.320 e. The van der Waals surface area contributed by atoms with Crippen LogP contribution in [0.4, 0.5) is 0 Å². The third-order valence-corrected chi connectivity index (χ3v) is 4.37. The quantitative estimate of drug-likeness (QED) is 0.833. The van der Waals surface area contributed by atoms with Gasteiger partial charge < -0.3 is 4.90 Å². The first-order valence-corrected chi connectivity index (χ1v) is 7.52. The van der Waals surface area contributed by atoms with Crippen molar-refractivity contribution in [2.45, 2.75) is 17.7 Å². The van der Waals surface area contributed by atoms with Crippen molar-refractivity contribution in [3.05, 3.63) is 42.6 Å². The van der Waals surface area contributed by atoms with Gasteiger partial charge >= 0.3 is 0 Å². The lowest BCUT2D eigenvalue weighted by Gasteiger charge is -2.05. The number of benzene rings is 1. The Morgan fingerprint density at radius 3 is 2.45 bits per heavy atom. The van der Waals surface area contributed by atoms with Gasteiger partial charge in [-0.3, -0.25) is 9.59 Å². The summed E-state index contributed by atoms with van der Waals surface area (Å²) in [7, 11) is -3.55. The predicted molar refractivity (Wildman–Crippen MR) is 72.2 cm³/mol. The van der Waals surface area contributed by atoms with Gasteiger partial charge in [0.1, 0.15) is 4.90 Å². The fraction of sp³-hybridized carbons (Fsp3) is 0.231. The molecule has 7 heteroatoms. The molecule has 0 spiro atoms. The monoisotopic (exact) mass is 294 g/mol. The Morgan fingerprint density at radius 2 is 1.95 bits per heavy atom. The highest BCUT2D eigenvalue weighted by Crippen LogP contribution is 2.20. The van der Waals surface area contributed by atoms with Crippen LogP contribution in [0.25, 0.3) is 0 Å². The zero-order valence-corrected chi connectivity index (χ0v) is 11.5. The Morgan fingerprint density at radius 1 is 1.25 bits per heavy atom.